The van der Waals surface area contributed by atoms with Crippen molar-refractivity contribution in [2.75, 3.05) is 0 Å². The van der Waals surface area contributed by atoms with Gasteiger partial charge in [0.15, 0.2) is 0 Å². The predicted octanol–water partition coefficient (Wildman–Crippen LogP) is 3.85. The molecule has 0 spiro atoms. The topological polar surface area (TPSA) is 62.9 Å². The number of ether oxygens (including phenoxy) is 1. The van der Waals surface area contributed by atoms with Gasteiger partial charge in [-0.15, -0.1) is 0 Å². The lowest BCUT2D eigenvalue weighted by Crippen LogP contribution is -2.32. The van der Waals surface area contributed by atoms with Crippen LogP contribution in [-0.4, -0.2) is 22.2 Å². The van der Waals surface area contributed by atoms with Crippen molar-refractivity contribution < 1.29 is 23.5 Å². The summed E-state index contributed by atoms with van der Waals surface area (Å²) in [6, 6.07) is 8.38. The molecule has 0 bridgehead atoms. The summed E-state index contributed by atoms with van der Waals surface area (Å²) in [5, 5.41) is 10.1. The zero-order valence-corrected chi connectivity index (χ0v) is 12.2. The molecule has 0 saturated heterocycles. The van der Waals surface area contributed by atoms with E-state index in [1.54, 1.807) is 31.2 Å². The molecule has 2 aromatic rings. The Morgan fingerprint density at radius 2 is 2.00 bits per heavy atom. The molecule has 22 heavy (non-hydrogen) atoms. The average molecular weight is 305 g/mol. The van der Waals surface area contributed by atoms with Crippen LogP contribution < -0.4 is 4.74 Å². The first-order chi connectivity index (χ1) is 10.5. The molecule has 1 unspecified atom stereocenters. The third-order valence-electron chi connectivity index (χ3n) is 2.88. The molecule has 0 radical (unpaired) electrons. The number of hydrogen-bond donors (Lipinski definition) is 1. The maximum absolute atomic E-state index is 12.8. The third kappa shape index (κ3) is 4.20. The molecule has 116 valence electrons. The Balaban J connectivity index is 1.99. The van der Waals surface area contributed by atoms with Crippen molar-refractivity contribution in [2.24, 2.45) is 0 Å². The monoisotopic (exact) mass is 305 g/mol. The van der Waals surface area contributed by atoms with Gasteiger partial charge in [-0.1, -0.05) is 6.08 Å². The van der Waals surface area contributed by atoms with Gasteiger partial charge in [-0.3, -0.25) is 10.0 Å². The van der Waals surface area contributed by atoms with E-state index in [-0.39, 0.29) is 11.8 Å². The van der Waals surface area contributed by atoms with Gasteiger partial charge in [0, 0.05) is 13.0 Å². The molecular weight excluding hydrogens is 289 g/mol. The van der Waals surface area contributed by atoms with Crippen molar-refractivity contribution in [2.45, 2.75) is 19.9 Å². The van der Waals surface area contributed by atoms with E-state index in [0.29, 0.717) is 16.6 Å². The number of halogens is 1. The summed E-state index contributed by atoms with van der Waals surface area (Å²) in [7, 11) is 0. The molecule has 0 aliphatic rings. The van der Waals surface area contributed by atoms with Gasteiger partial charge in [-0.25, -0.2) is 9.45 Å². The fourth-order valence-corrected chi connectivity index (χ4v) is 1.70. The lowest BCUT2D eigenvalue weighted by atomic mass is 10.2. The SMILES string of the molecule is CC(=O)N(O)C(C)/C=C/c1ccc(Oc2ccc(F)cc2)o1. The van der Waals surface area contributed by atoms with Crippen LogP contribution in [0.3, 0.4) is 0 Å². The summed E-state index contributed by atoms with van der Waals surface area (Å²) in [5.74, 6) is 0.422. The molecule has 2 rings (SSSR count). The largest absolute Gasteiger partial charge is 0.426 e. The zero-order chi connectivity index (χ0) is 16.1. The van der Waals surface area contributed by atoms with E-state index >= 15 is 0 Å². The second kappa shape index (κ2) is 6.91. The summed E-state index contributed by atoms with van der Waals surface area (Å²) in [6.45, 7) is 2.93. The summed E-state index contributed by atoms with van der Waals surface area (Å²) >= 11 is 0. The quantitative estimate of drug-likeness (QED) is 0.673. The fraction of sp³-hybridized carbons (Fsp3) is 0.188. The highest BCUT2D eigenvalue weighted by Crippen LogP contribution is 2.24. The van der Waals surface area contributed by atoms with E-state index < -0.39 is 11.9 Å². The van der Waals surface area contributed by atoms with E-state index in [0.717, 1.165) is 0 Å². The molecule has 1 aromatic carbocycles. The van der Waals surface area contributed by atoms with Gasteiger partial charge >= 0.3 is 0 Å². The molecule has 1 amide bonds. The molecule has 6 heteroatoms. The van der Waals surface area contributed by atoms with Crippen LogP contribution in [0.5, 0.6) is 11.7 Å². The number of furan rings is 1. The molecule has 0 aliphatic carbocycles. The molecule has 1 N–H and O–H groups in total. The van der Waals surface area contributed by atoms with Crippen molar-refractivity contribution in [3.8, 4) is 11.7 Å². The van der Waals surface area contributed by atoms with Crippen LogP contribution in [0.15, 0.2) is 46.9 Å². The van der Waals surface area contributed by atoms with Crippen LogP contribution in [0.2, 0.25) is 0 Å². The normalized spacial score (nSPS) is 12.4. The second-order valence-corrected chi connectivity index (χ2v) is 4.68. The van der Waals surface area contributed by atoms with E-state index in [1.807, 2.05) is 0 Å². The van der Waals surface area contributed by atoms with Crippen molar-refractivity contribution >= 4 is 12.0 Å². The molecule has 1 heterocycles. The number of rotatable bonds is 5. The number of benzene rings is 1. The Labute approximate surface area is 127 Å². The minimum Gasteiger partial charge on any atom is -0.426 e. The summed E-state index contributed by atoms with van der Waals surface area (Å²) in [5.41, 5.74) is 0. The van der Waals surface area contributed by atoms with Crippen LogP contribution in [0, 0.1) is 5.82 Å². The average Bonchev–Trinajstić information content (AvgIpc) is 2.94. The zero-order valence-electron chi connectivity index (χ0n) is 12.2. The van der Waals surface area contributed by atoms with E-state index in [1.165, 1.54) is 31.2 Å². The number of amides is 1. The number of carbonyl (C=O) groups is 1. The lowest BCUT2D eigenvalue weighted by Gasteiger charge is -2.17. The van der Waals surface area contributed by atoms with Gasteiger partial charge in [-0.2, -0.15) is 0 Å². The van der Waals surface area contributed by atoms with Gasteiger partial charge in [-0.05, 0) is 43.3 Å². The Morgan fingerprint density at radius 3 is 2.64 bits per heavy atom. The summed E-state index contributed by atoms with van der Waals surface area (Å²) in [6.07, 6.45) is 3.23. The Morgan fingerprint density at radius 1 is 1.32 bits per heavy atom. The highest BCUT2D eigenvalue weighted by molar-refractivity contribution is 5.72. The van der Waals surface area contributed by atoms with Gasteiger partial charge in [0.1, 0.15) is 17.3 Å². The van der Waals surface area contributed by atoms with Crippen LogP contribution in [-0.2, 0) is 4.79 Å². The summed E-state index contributed by atoms with van der Waals surface area (Å²) < 4.78 is 23.6. The number of nitrogens with zero attached hydrogens (tertiary/aromatic N) is 1. The highest BCUT2D eigenvalue weighted by atomic mass is 19.1. The lowest BCUT2D eigenvalue weighted by molar-refractivity contribution is -0.167. The predicted molar refractivity (Wildman–Crippen MR) is 78.0 cm³/mol. The molecule has 0 aliphatic heterocycles. The number of hydroxylamine groups is 2. The van der Waals surface area contributed by atoms with Crippen LogP contribution in [0.4, 0.5) is 4.39 Å². The van der Waals surface area contributed by atoms with Crippen molar-refractivity contribution in [1.29, 1.82) is 0 Å². The van der Waals surface area contributed by atoms with Crippen LogP contribution in [0.1, 0.15) is 19.6 Å². The van der Waals surface area contributed by atoms with Crippen LogP contribution >= 0.6 is 0 Å². The summed E-state index contributed by atoms with van der Waals surface area (Å²) in [4.78, 5) is 11.0. The molecule has 1 aromatic heterocycles. The Hall–Kier alpha value is -2.60. The highest BCUT2D eigenvalue weighted by Gasteiger charge is 2.11. The second-order valence-electron chi connectivity index (χ2n) is 4.68. The van der Waals surface area contributed by atoms with E-state index in [9.17, 15) is 14.4 Å². The fourth-order valence-electron chi connectivity index (χ4n) is 1.70. The first-order valence-corrected chi connectivity index (χ1v) is 6.66. The smallest absolute Gasteiger partial charge is 0.290 e. The minimum absolute atomic E-state index is 0.256. The van der Waals surface area contributed by atoms with Gasteiger partial charge in [0.25, 0.3) is 5.95 Å². The molecule has 0 fully saturated rings. The van der Waals surface area contributed by atoms with Crippen LogP contribution in [0.25, 0.3) is 6.08 Å². The maximum atomic E-state index is 12.8. The first-order valence-electron chi connectivity index (χ1n) is 6.66. The maximum Gasteiger partial charge on any atom is 0.290 e. The first kappa shape index (κ1) is 15.8. The number of carbonyl (C=O) groups excluding carboxylic acids is 1. The van der Waals surface area contributed by atoms with E-state index in [2.05, 4.69) is 0 Å². The standard InChI is InChI=1S/C16H16FNO4/c1-11(18(20)12(2)19)3-6-14-9-10-16(21-14)22-15-7-4-13(17)5-8-15/h3-11,20H,1-2H3/b6-3+. The van der Waals surface area contributed by atoms with Gasteiger partial charge in [0.2, 0.25) is 5.91 Å². The molecule has 0 saturated carbocycles. The molecule has 5 nitrogen and oxygen atoms in total. The third-order valence-corrected chi connectivity index (χ3v) is 2.88. The van der Waals surface area contributed by atoms with Gasteiger partial charge in [0.05, 0.1) is 6.04 Å². The van der Waals surface area contributed by atoms with Gasteiger partial charge < -0.3 is 9.15 Å². The molecule has 1 atom stereocenters. The van der Waals surface area contributed by atoms with Crippen molar-refractivity contribution in [3.05, 3.63) is 54.1 Å². The Bertz CT molecular complexity index is 663. The van der Waals surface area contributed by atoms with Crippen molar-refractivity contribution in [3.63, 3.8) is 0 Å². The Kier molecular flexibility index (Phi) is 4.95. The van der Waals surface area contributed by atoms with Crippen molar-refractivity contribution in [1.82, 2.24) is 5.06 Å². The van der Waals surface area contributed by atoms with E-state index in [4.69, 9.17) is 9.15 Å². The number of hydrogen-bond acceptors (Lipinski definition) is 4. The molecular formula is C16H16FNO4. The minimum atomic E-state index is -0.482.